The number of nitrogens with zero attached hydrogens (tertiary/aromatic N) is 1. The van der Waals surface area contributed by atoms with Crippen LogP contribution in [-0.2, 0) is 4.79 Å². The number of hydrogen-bond donors (Lipinski definition) is 3. The number of ether oxygens (including phenoxy) is 1. The fourth-order valence-electron chi connectivity index (χ4n) is 1.23. The lowest BCUT2D eigenvalue weighted by Gasteiger charge is -2.10. The van der Waals surface area contributed by atoms with E-state index in [9.17, 15) is 9.59 Å². The Balaban J connectivity index is 2.58. The molecule has 0 fully saturated rings. The van der Waals surface area contributed by atoms with E-state index in [1.807, 2.05) is 0 Å². The highest BCUT2D eigenvalue weighted by atomic mass is 16.5. The molecule has 0 aliphatic rings. The van der Waals surface area contributed by atoms with Gasteiger partial charge in [-0.05, 0) is 19.1 Å². The lowest BCUT2D eigenvalue weighted by Crippen LogP contribution is -2.31. The Morgan fingerprint density at radius 2 is 2.17 bits per heavy atom. The quantitative estimate of drug-likeness (QED) is 0.726. The van der Waals surface area contributed by atoms with Crippen LogP contribution in [0.5, 0.6) is 5.75 Å². The molecule has 3 N–H and O–H groups in total. The van der Waals surface area contributed by atoms with Crippen LogP contribution in [-0.4, -0.2) is 35.7 Å². The van der Waals surface area contributed by atoms with Crippen molar-refractivity contribution in [2.45, 2.75) is 13.3 Å². The topological polar surface area (TPSA) is 101 Å². The highest BCUT2D eigenvalue weighted by Gasteiger charge is 2.09. The fourth-order valence-corrected chi connectivity index (χ4v) is 1.23. The van der Waals surface area contributed by atoms with E-state index in [0.717, 1.165) is 5.69 Å². The lowest BCUT2D eigenvalue weighted by molar-refractivity contribution is -0.136. The predicted octanol–water partition coefficient (Wildman–Crippen LogP) is 0.995. The Morgan fingerprint density at radius 3 is 2.78 bits per heavy atom. The number of carboxylic acids is 1. The number of pyridine rings is 1. The van der Waals surface area contributed by atoms with Gasteiger partial charge in [-0.2, -0.15) is 0 Å². The number of rotatable bonds is 5. The molecule has 1 aromatic heterocycles. The van der Waals surface area contributed by atoms with Gasteiger partial charge in [0, 0.05) is 12.2 Å². The molecule has 1 rings (SSSR count). The average Bonchev–Trinajstić information content (AvgIpc) is 2.28. The van der Waals surface area contributed by atoms with Gasteiger partial charge in [-0.3, -0.25) is 10.1 Å². The normalized spacial score (nSPS) is 9.67. The van der Waals surface area contributed by atoms with Gasteiger partial charge >= 0.3 is 12.0 Å². The zero-order valence-corrected chi connectivity index (χ0v) is 10.2. The minimum atomic E-state index is -0.971. The van der Waals surface area contributed by atoms with Crippen LogP contribution in [0.1, 0.15) is 12.1 Å². The highest BCUT2D eigenvalue weighted by Crippen LogP contribution is 2.21. The maximum atomic E-state index is 11.5. The van der Waals surface area contributed by atoms with Gasteiger partial charge in [0.2, 0.25) is 0 Å². The van der Waals surface area contributed by atoms with Crippen LogP contribution in [0, 0.1) is 6.92 Å². The summed E-state index contributed by atoms with van der Waals surface area (Å²) in [6, 6.07) is 2.93. The van der Waals surface area contributed by atoms with E-state index < -0.39 is 12.0 Å². The summed E-state index contributed by atoms with van der Waals surface area (Å²) in [5, 5.41) is 13.3. The van der Waals surface area contributed by atoms with Crippen LogP contribution in [0.2, 0.25) is 0 Å². The van der Waals surface area contributed by atoms with Crippen molar-refractivity contribution >= 4 is 17.8 Å². The van der Waals surface area contributed by atoms with E-state index in [-0.39, 0.29) is 13.0 Å². The van der Waals surface area contributed by atoms with Crippen LogP contribution < -0.4 is 15.4 Å². The number of methoxy groups -OCH3 is 1. The molecule has 0 aliphatic heterocycles. The van der Waals surface area contributed by atoms with E-state index in [2.05, 4.69) is 15.6 Å². The van der Waals surface area contributed by atoms with Crippen LogP contribution in [0.4, 0.5) is 10.6 Å². The molecule has 0 aromatic carbocycles. The molecular formula is C11H15N3O4. The number of amides is 2. The second kappa shape index (κ2) is 6.43. The number of anilines is 1. The number of urea groups is 1. The maximum Gasteiger partial charge on any atom is 0.320 e. The first kappa shape index (κ1) is 13.8. The smallest absolute Gasteiger partial charge is 0.320 e. The molecule has 0 atom stereocenters. The SMILES string of the molecule is COc1ccc(C)nc1NC(=O)NCCC(=O)O. The number of carbonyl (C=O) groups excluding carboxylic acids is 1. The molecule has 7 heteroatoms. The third-order valence-corrected chi connectivity index (χ3v) is 2.07. The van der Waals surface area contributed by atoms with Gasteiger partial charge in [0.1, 0.15) is 0 Å². The minimum absolute atomic E-state index is 0.0509. The Hall–Kier alpha value is -2.31. The van der Waals surface area contributed by atoms with Crippen molar-refractivity contribution < 1.29 is 19.4 Å². The molecule has 7 nitrogen and oxygen atoms in total. The van der Waals surface area contributed by atoms with Crippen molar-refractivity contribution in [1.29, 1.82) is 0 Å². The van der Waals surface area contributed by atoms with Gasteiger partial charge in [-0.15, -0.1) is 0 Å². The molecule has 0 spiro atoms. The van der Waals surface area contributed by atoms with Crippen LogP contribution in [0.25, 0.3) is 0 Å². The molecule has 0 saturated carbocycles. The molecule has 0 bridgehead atoms. The van der Waals surface area contributed by atoms with E-state index in [1.54, 1.807) is 19.1 Å². The Kier molecular flexibility index (Phi) is 4.91. The van der Waals surface area contributed by atoms with Gasteiger partial charge < -0.3 is 15.2 Å². The maximum absolute atomic E-state index is 11.5. The fraction of sp³-hybridized carbons (Fsp3) is 0.364. The molecule has 1 heterocycles. The van der Waals surface area contributed by atoms with E-state index >= 15 is 0 Å². The zero-order valence-electron chi connectivity index (χ0n) is 10.2. The second-order valence-electron chi connectivity index (χ2n) is 3.53. The van der Waals surface area contributed by atoms with Crippen molar-refractivity contribution in [2.75, 3.05) is 19.0 Å². The van der Waals surface area contributed by atoms with E-state index in [4.69, 9.17) is 9.84 Å². The average molecular weight is 253 g/mol. The summed E-state index contributed by atoms with van der Waals surface area (Å²) in [6.07, 6.45) is -0.133. The first-order chi connectivity index (χ1) is 8.52. The molecule has 98 valence electrons. The van der Waals surface area contributed by atoms with Crippen molar-refractivity contribution in [2.24, 2.45) is 0 Å². The van der Waals surface area contributed by atoms with Crippen molar-refractivity contribution in [3.63, 3.8) is 0 Å². The third kappa shape index (κ3) is 4.28. The van der Waals surface area contributed by atoms with E-state index in [0.29, 0.717) is 11.6 Å². The van der Waals surface area contributed by atoms with E-state index in [1.165, 1.54) is 7.11 Å². The molecule has 0 radical (unpaired) electrons. The molecule has 18 heavy (non-hydrogen) atoms. The number of aryl methyl sites for hydroxylation is 1. The summed E-state index contributed by atoms with van der Waals surface area (Å²) < 4.78 is 5.04. The van der Waals surface area contributed by atoms with Gasteiger partial charge in [0.15, 0.2) is 11.6 Å². The molecule has 1 aromatic rings. The summed E-state index contributed by atoms with van der Waals surface area (Å²) in [7, 11) is 1.47. The molecule has 0 saturated heterocycles. The van der Waals surface area contributed by atoms with Crippen LogP contribution in [0.15, 0.2) is 12.1 Å². The van der Waals surface area contributed by atoms with Gasteiger partial charge in [0.05, 0.1) is 13.5 Å². The minimum Gasteiger partial charge on any atom is -0.493 e. The summed E-state index contributed by atoms with van der Waals surface area (Å²) in [5.41, 5.74) is 0.733. The van der Waals surface area contributed by atoms with Crippen LogP contribution >= 0.6 is 0 Å². The van der Waals surface area contributed by atoms with Gasteiger partial charge in [-0.1, -0.05) is 0 Å². The Bertz CT molecular complexity index is 448. The van der Waals surface area contributed by atoms with Crippen molar-refractivity contribution in [3.05, 3.63) is 17.8 Å². The first-order valence-electron chi connectivity index (χ1n) is 5.31. The molecule has 0 unspecified atom stereocenters. The van der Waals surface area contributed by atoms with Gasteiger partial charge in [0.25, 0.3) is 0 Å². The summed E-state index contributed by atoms with van der Waals surface area (Å²) in [5.74, 6) is -0.235. The first-order valence-corrected chi connectivity index (χ1v) is 5.31. The number of carbonyl (C=O) groups is 2. The summed E-state index contributed by atoms with van der Waals surface area (Å²) in [4.78, 5) is 25.9. The Labute approximate surface area is 104 Å². The Morgan fingerprint density at radius 1 is 1.44 bits per heavy atom. The molecule has 0 aliphatic carbocycles. The van der Waals surface area contributed by atoms with Crippen LogP contribution in [0.3, 0.4) is 0 Å². The molecular weight excluding hydrogens is 238 g/mol. The summed E-state index contributed by atoms with van der Waals surface area (Å²) >= 11 is 0. The number of carboxylic acid groups (broad SMARTS) is 1. The zero-order chi connectivity index (χ0) is 13.5. The third-order valence-electron chi connectivity index (χ3n) is 2.07. The monoisotopic (exact) mass is 253 g/mol. The number of aliphatic carboxylic acids is 1. The number of aromatic nitrogens is 1. The standard InChI is InChI=1S/C11H15N3O4/c1-7-3-4-8(18-2)10(13-7)14-11(17)12-6-5-9(15)16/h3-4H,5-6H2,1-2H3,(H,15,16)(H2,12,13,14,17). The van der Waals surface area contributed by atoms with Gasteiger partial charge in [-0.25, -0.2) is 9.78 Å². The van der Waals surface area contributed by atoms with Crippen molar-refractivity contribution in [1.82, 2.24) is 10.3 Å². The second-order valence-corrected chi connectivity index (χ2v) is 3.53. The highest BCUT2D eigenvalue weighted by molar-refractivity contribution is 5.89. The largest absolute Gasteiger partial charge is 0.493 e. The lowest BCUT2D eigenvalue weighted by atomic mass is 10.3. The number of nitrogens with one attached hydrogen (secondary N) is 2. The van der Waals surface area contributed by atoms with Crippen molar-refractivity contribution in [3.8, 4) is 5.75 Å². The predicted molar refractivity (Wildman–Crippen MR) is 64.8 cm³/mol. The number of hydrogen-bond acceptors (Lipinski definition) is 4. The molecule has 2 amide bonds. The summed E-state index contributed by atoms with van der Waals surface area (Å²) in [6.45, 7) is 1.84.